The number of aromatic carboxylic acids is 1. The summed E-state index contributed by atoms with van der Waals surface area (Å²) in [6, 6.07) is 14.3. The van der Waals surface area contributed by atoms with Gasteiger partial charge in [-0.2, -0.15) is 5.10 Å². The van der Waals surface area contributed by atoms with Crippen molar-refractivity contribution in [2.24, 2.45) is 0 Å². The molecule has 106 valence electrons. The highest BCUT2D eigenvalue weighted by Gasteiger charge is 2.17. The van der Waals surface area contributed by atoms with E-state index >= 15 is 0 Å². The Hall–Kier alpha value is -2.62. The molecule has 0 saturated carbocycles. The number of rotatable bonds is 3. The average Bonchev–Trinajstić information content (AvgIpc) is 2.74. The van der Waals surface area contributed by atoms with Crippen LogP contribution >= 0.6 is 0 Å². The number of aryl methyl sites for hydroxylation is 1. The van der Waals surface area contributed by atoms with Crippen LogP contribution in [0.2, 0.25) is 0 Å². The van der Waals surface area contributed by atoms with Crippen molar-refractivity contribution in [3.63, 3.8) is 0 Å². The summed E-state index contributed by atoms with van der Waals surface area (Å²) in [5.41, 5.74) is 2.68. The predicted octanol–water partition coefficient (Wildman–Crippen LogP) is 3.40. The molecule has 0 saturated heterocycles. The normalized spacial score (nSPS) is 11.0. The lowest BCUT2D eigenvalue weighted by Gasteiger charge is -2.08. The number of carbonyl (C=O) groups is 1. The van der Waals surface area contributed by atoms with Crippen LogP contribution in [-0.4, -0.2) is 20.9 Å². The first-order valence-electron chi connectivity index (χ1n) is 6.82. The highest BCUT2D eigenvalue weighted by Crippen LogP contribution is 2.21. The molecule has 0 bridgehead atoms. The van der Waals surface area contributed by atoms with Crippen LogP contribution in [0, 0.1) is 13.8 Å². The lowest BCUT2D eigenvalue weighted by Crippen LogP contribution is -2.06. The fourth-order valence-corrected chi connectivity index (χ4v) is 2.75. The summed E-state index contributed by atoms with van der Waals surface area (Å²) in [7, 11) is 0. The second-order valence-corrected chi connectivity index (χ2v) is 5.15. The van der Waals surface area contributed by atoms with Crippen molar-refractivity contribution in [2.45, 2.75) is 20.4 Å². The van der Waals surface area contributed by atoms with Crippen LogP contribution in [0.4, 0.5) is 0 Å². The van der Waals surface area contributed by atoms with Crippen molar-refractivity contribution in [1.29, 1.82) is 0 Å². The van der Waals surface area contributed by atoms with Gasteiger partial charge in [0.25, 0.3) is 0 Å². The third kappa shape index (κ3) is 2.29. The lowest BCUT2D eigenvalue weighted by atomic mass is 10.0. The lowest BCUT2D eigenvalue weighted by molar-refractivity contribution is 0.0695. The number of benzene rings is 2. The third-order valence-corrected chi connectivity index (χ3v) is 3.80. The Morgan fingerprint density at radius 1 is 1.14 bits per heavy atom. The molecule has 0 aliphatic heterocycles. The Balaban J connectivity index is 2.07. The van der Waals surface area contributed by atoms with Crippen molar-refractivity contribution >= 4 is 16.7 Å². The molecule has 1 aromatic heterocycles. The zero-order valence-electron chi connectivity index (χ0n) is 12.0. The molecule has 0 unspecified atom stereocenters. The van der Waals surface area contributed by atoms with Gasteiger partial charge in [-0.25, -0.2) is 4.79 Å². The standard InChI is InChI=1S/C17H16N2O2/c1-11-16(17(20)21)12(2)19(18-11)10-14-8-5-7-13-6-3-4-9-15(13)14/h3-9H,10H2,1-2H3,(H,20,21). The van der Waals surface area contributed by atoms with Gasteiger partial charge in [0.1, 0.15) is 5.56 Å². The van der Waals surface area contributed by atoms with Gasteiger partial charge in [0, 0.05) is 0 Å². The summed E-state index contributed by atoms with van der Waals surface area (Å²) < 4.78 is 1.76. The second-order valence-electron chi connectivity index (χ2n) is 5.15. The van der Waals surface area contributed by atoms with Crippen LogP contribution in [0.3, 0.4) is 0 Å². The minimum atomic E-state index is -0.922. The fraction of sp³-hybridized carbons (Fsp3) is 0.176. The SMILES string of the molecule is Cc1nn(Cc2cccc3ccccc23)c(C)c1C(=O)O. The van der Waals surface area contributed by atoms with Crippen LogP contribution in [0.5, 0.6) is 0 Å². The van der Waals surface area contributed by atoms with E-state index in [0.29, 0.717) is 23.5 Å². The van der Waals surface area contributed by atoms with Gasteiger partial charge in [-0.05, 0) is 30.2 Å². The highest BCUT2D eigenvalue weighted by molar-refractivity contribution is 5.90. The van der Waals surface area contributed by atoms with E-state index < -0.39 is 5.97 Å². The van der Waals surface area contributed by atoms with E-state index in [1.165, 1.54) is 10.8 Å². The molecule has 0 spiro atoms. The van der Waals surface area contributed by atoms with Gasteiger partial charge in [0.2, 0.25) is 0 Å². The molecule has 0 atom stereocenters. The second kappa shape index (κ2) is 5.05. The van der Waals surface area contributed by atoms with E-state index in [1.54, 1.807) is 18.5 Å². The summed E-state index contributed by atoms with van der Waals surface area (Å²) in [4.78, 5) is 11.3. The molecule has 0 radical (unpaired) electrons. The minimum Gasteiger partial charge on any atom is -0.478 e. The molecule has 0 aliphatic carbocycles. The van der Waals surface area contributed by atoms with Crippen LogP contribution < -0.4 is 0 Å². The van der Waals surface area contributed by atoms with Crippen molar-refractivity contribution < 1.29 is 9.90 Å². The Morgan fingerprint density at radius 3 is 2.57 bits per heavy atom. The topological polar surface area (TPSA) is 55.1 Å². The van der Waals surface area contributed by atoms with E-state index in [-0.39, 0.29) is 0 Å². The van der Waals surface area contributed by atoms with Gasteiger partial charge in [0.05, 0.1) is 17.9 Å². The van der Waals surface area contributed by atoms with Gasteiger partial charge in [-0.15, -0.1) is 0 Å². The first-order chi connectivity index (χ1) is 10.1. The molecule has 0 fully saturated rings. The van der Waals surface area contributed by atoms with Crippen LogP contribution in [0.1, 0.15) is 27.3 Å². The smallest absolute Gasteiger partial charge is 0.339 e. The Labute approximate surface area is 122 Å². The Bertz CT molecular complexity index is 829. The average molecular weight is 280 g/mol. The number of aromatic nitrogens is 2. The quantitative estimate of drug-likeness (QED) is 0.800. The van der Waals surface area contributed by atoms with E-state index in [2.05, 4.69) is 29.4 Å². The first-order valence-corrected chi connectivity index (χ1v) is 6.82. The van der Waals surface area contributed by atoms with E-state index in [9.17, 15) is 9.90 Å². The molecule has 4 heteroatoms. The zero-order valence-corrected chi connectivity index (χ0v) is 12.0. The van der Waals surface area contributed by atoms with Crippen molar-refractivity contribution in [3.05, 3.63) is 65.0 Å². The molecule has 4 nitrogen and oxygen atoms in total. The Kier molecular flexibility index (Phi) is 3.22. The maximum absolute atomic E-state index is 11.3. The fourth-order valence-electron chi connectivity index (χ4n) is 2.75. The van der Waals surface area contributed by atoms with Crippen LogP contribution in [0.15, 0.2) is 42.5 Å². The van der Waals surface area contributed by atoms with Crippen molar-refractivity contribution in [2.75, 3.05) is 0 Å². The van der Waals surface area contributed by atoms with Crippen molar-refractivity contribution in [1.82, 2.24) is 9.78 Å². The number of hydrogen-bond donors (Lipinski definition) is 1. The van der Waals surface area contributed by atoms with Gasteiger partial charge in [-0.3, -0.25) is 4.68 Å². The van der Waals surface area contributed by atoms with E-state index in [0.717, 1.165) is 5.56 Å². The number of fused-ring (bicyclic) bond motifs is 1. The first kappa shape index (κ1) is 13.4. The summed E-state index contributed by atoms with van der Waals surface area (Å²) in [5.74, 6) is -0.922. The molecule has 1 heterocycles. The van der Waals surface area contributed by atoms with Gasteiger partial charge in [-0.1, -0.05) is 42.5 Å². The molecule has 3 rings (SSSR count). The van der Waals surface area contributed by atoms with E-state index in [1.807, 2.05) is 18.2 Å². The number of nitrogens with zero attached hydrogens (tertiary/aromatic N) is 2. The van der Waals surface area contributed by atoms with Gasteiger partial charge in [0.15, 0.2) is 0 Å². The minimum absolute atomic E-state index is 0.301. The molecular weight excluding hydrogens is 264 g/mol. The summed E-state index contributed by atoms with van der Waals surface area (Å²) in [6.45, 7) is 4.10. The van der Waals surface area contributed by atoms with Gasteiger partial charge < -0.3 is 5.11 Å². The number of carboxylic acids is 1. The molecule has 0 aliphatic rings. The largest absolute Gasteiger partial charge is 0.478 e. The van der Waals surface area contributed by atoms with Gasteiger partial charge >= 0.3 is 5.97 Å². The van der Waals surface area contributed by atoms with E-state index in [4.69, 9.17) is 0 Å². The Morgan fingerprint density at radius 2 is 1.86 bits per heavy atom. The molecule has 21 heavy (non-hydrogen) atoms. The highest BCUT2D eigenvalue weighted by atomic mass is 16.4. The molecular formula is C17H16N2O2. The summed E-state index contributed by atoms with van der Waals surface area (Å²) in [6.07, 6.45) is 0. The van der Waals surface area contributed by atoms with Crippen molar-refractivity contribution in [3.8, 4) is 0 Å². The maximum Gasteiger partial charge on any atom is 0.339 e. The van der Waals surface area contributed by atoms with Crippen LogP contribution in [0.25, 0.3) is 10.8 Å². The summed E-state index contributed by atoms with van der Waals surface area (Å²) in [5, 5.41) is 16.0. The monoisotopic (exact) mass is 280 g/mol. The zero-order chi connectivity index (χ0) is 15.0. The number of hydrogen-bond acceptors (Lipinski definition) is 2. The maximum atomic E-state index is 11.3. The molecule has 3 aromatic rings. The predicted molar refractivity (Wildman–Crippen MR) is 81.7 cm³/mol. The molecule has 2 aromatic carbocycles. The third-order valence-electron chi connectivity index (χ3n) is 3.80. The number of carboxylic acid groups (broad SMARTS) is 1. The molecule has 0 amide bonds. The summed E-state index contributed by atoms with van der Waals surface area (Å²) >= 11 is 0. The van der Waals surface area contributed by atoms with Crippen LogP contribution in [-0.2, 0) is 6.54 Å². The molecule has 1 N–H and O–H groups in total.